The molecule has 1 fully saturated rings. The van der Waals surface area contributed by atoms with Crippen LogP contribution in [-0.4, -0.2) is 49.4 Å². The molecule has 3 N–H and O–H groups in total. The predicted molar refractivity (Wildman–Crippen MR) is 80.8 cm³/mol. The lowest BCUT2D eigenvalue weighted by Gasteiger charge is -2.22. The number of benzene rings is 1. The summed E-state index contributed by atoms with van der Waals surface area (Å²) in [5.41, 5.74) is 7.32. The lowest BCUT2D eigenvalue weighted by Crippen LogP contribution is -2.28. The Hall–Kier alpha value is -1.79. The third-order valence-electron chi connectivity index (χ3n) is 3.66. The summed E-state index contributed by atoms with van der Waals surface area (Å²) in [6.45, 7) is 2.47. The number of hydrogen-bond donors (Lipinski definition) is 2. The molecule has 2 rings (SSSR count). The maximum absolute atomic E-state index is 8.78. The first-order chi connectivity index (χ1) is 10.1. The number of hydrogen-bond acceptors (Lipinski definition) is 5. The smallest absolute Gasteiger partial charge is 0.170 e. The monoisotopic (exact) mass is 293 g/mol. The maximum atomic E-state index is 8.78. The third kappa shape index (κ3) is 4.09. The topological polar surface area (TPSA) is 80.3 Å². The minimum atomic E-state index is 0.0979. The fourth-order valence-electron chi connectivity index (χ4n) is 2.61. The Morgan fingerprint density at radius 3 is 3.00 bits per heavy atom. The van der Waals surface area contributed by atoms with E-state index in [0.29, 0.717) is 11.7 Å². The van der Waals surface area contributed by atoms with Crippen LogP contribution in [0, 0.1) is 0 Å². The van der Waals surface area contributed by atoms with Gasteiger partial charge in [0.05, 0.1) is 13.2 Å². The molecule has 1 aliphatic rings. The fourth-order valence-corrected chi connectivity index (χ4v) is 2.61. The van der Waals surface area contributed by atoms with E-state index in [1.807, 2.05) is 12.1 Å². The summed E-state index contributed by atoms with van der Waals surface area (Å²) in [7, 11) is 3.69. The standard InChI is InChI=1S/C15H23N3O3/c1-18(10-13-4-3-7-21-13)9-12-8-11(15(16)17-19)5-6-14(12)20-2/h5-6,8,13,19H,3-4,7,9-10H2,1-2H3,(H2,16,17). The van der Waals surface area contributed by atoms with Crippen LogP contribution in [0.25, 0.3) is 0 Å². The van der Waals surface area contributed by atoms with Crippen molar-refractivity contribution < 1.29 is 14.7 Å². The van der Waals surface area contributed by atoms with Gasteiger partial charge < -0.3 is 20.4 Å². The molecule has 1 saturated heterocycles. The number of amidine groups is 1. The second kappa shape index (κ2) is 7.28. The van der Waals surface area contributed by atoms with Gasteiger partial charge >= 0.3 is 0 Å². The van der Waals surface area contributed by atoms with Crippen molar-refractivity contribution in [2.24, 2.45) is 10.9 Å². The van der Waals surface area contributed by atoms with Gasteiger partial charge in [0.15, 0.2) is 5.84 Å². The largest absolute Gasteiger partial charge is 0.496 e. The Labute approximate surface area is 125 Å². The molecule has 0 radical (unpaired) electrons. The highest BCUT2D eigenvalue weighted by molar-refractivity contribution is 5.97. The molecule has 116 valence electrons. The Morgan fingerprint density at radius 2 is 2.38 bits per heavy atom. The maximum Gasteiger partial charge on any atom is 0.170 e. The van der Waals surface area contributed by atoms with E-state index in [4.69, 9.17) is 20.4 Å². The molecule has 1 heterocycles. The first-order valence-corrected chi connectivity index (χ1v) is 7.09. The van der Waals surface area contributed by atoms with Crippen molar-refractivity contribution in [3.8, 4) is 5.75 Å². The summed E-state index contributed by atoms with van der Waals surface area (Å²) >= 11 is 0. The van der Waals surface area contributed by atoms with Gasteiger partial charge in [-0.05, 0) is 38.1 Å². The molecular formula is C15H23N3O3. The zero-order valence-electron chi connectivity index (χ0n) is 12.6. The zero-order chi connectivity index (χ0) is 15.2. The van der Waals surface area contributed by atoms with Crippen molar-refractivity contribution in [1.29, 1.82) is 0 Å². The summed E-state index contributed by atoms with van der Waals surface area (Å²) < 4.78 is 11.0. The average Bonchev–Trinajstić information content (AvgIpc) is 2.99. The molecule has 1 unspecified atom stereocenters. The van der Waals surface area contributed by atoms with Crippen LogP contribution in [0.2, 0.25) is 0 Å². The molecule has 1 aromatic rings. The normalized spacial score (nSPS) is 19.2. The molecule has 6 heteroatoms. The van der Waals surface area contributed by atoms with E-state index in [9.17, 15) is 0 Å². The molecule has 1 atom stereocenters. The van der Waals surface area contributed by atoms with Crippen LogP contribution in [0.4, 0.5) is 0 Å². The Balaban J connectivity index is 2.08. The predicted octanol–water partition coefficient (Wildman–Crippen LogP) is 1.40. The highest BCUT2D eigenvalue weighted by Gasteiger charge is 2.18. The van der Waals surface area contributed by atoms with Crippen LogP contribution in [-0.2, 0) is 11.3 Å². The van der Waals surface area contributed by atoms with Gasteiger partial charge in [-0.25, -0.2) is 0 Å². The van der Waals surface area contributed by atoms with E-state index >= 15 is 0 Å². The van der Waals surface area contributed by atoms with Crippen molar-refractivity contribution in [3.05, 3.63) is 29.3 Å². The number of oxime groups is 1. The summed E-state index contributed by atoms with van der Waals surface area (Å²) in [5.74, 6) is 0.893. The summed E-state index contributed by atoms with van der Waals surface area (Å²) in [6.07, 6.45) is 2.57. The number of nitrogens with zero attached hydrogens (tertiary/aromatic N) is 2. The van der Waals surface area contributed by atoms with Gasteiger partial charge in [0.25, 0.3) is 0 Å². The molecule has 0 aromatic heterocycles. The van der Waals surface area contributed by atoms with Crippen LogP contribution in [0.5, 0.6) is 5.75 Å². The van der Waals surface area contributed by atoms with E-state index in [-0.39, 0.29) is 5.84 Å². The van der Waals surface area contributed by atoms with Gasteiger partial charge in [-0.2, -0.15) is 0 Å². The van der Waals surface area contributed by atoms with Crippen LogP contribution in [0.1, 0.15) is 24.0 Å². The van der Waals surface area contributed by atoms with Gasteiger partial charge in [0, 0.05) is 30.8 Å². The van der Waals surface area contributed by atoms with Crippen molar-refractivity contribution >= 4 is 5.84 Å². The lowest BCUT2D eigenvalue weighted by molar-refractivity contribution is 0.0791. The van der Waals surface area contributed by atoms with Gasteiger partial charge in [-0.3, -0.25) is 4.90 Å². The fraction of sp³-hybridized carbons (Fsp3) is 0.533. The van der Waals surface area contributed by atoms with Crippen LogP contribution in [0.3, 0.4) is 0 Å². The van der Waals surface area contributed by atoms with Gasteiger partial charge in [0.2, 0.25) is 0 Å². The van der Waals surface area contributed by atoms with Gasteiger partial charge in [-0.1, -0.05) is 5.16 Å². The van der Waals surface area contributed by atoms with Gasteiger partial charge in [-0.15, -0.1) is 0 Å². The third-order valence-corrected chi connectivity index (χ3v) is 3.66. The van der Waals surface area contributed by atoms with Crippen LogP contribution < -0.4 is 10.5 Å². The molecule has 1 aromatic carbocycles. The Morgan fingerprint density at radius 1 is 1.57 bits per heavy atom. The van der Waals surface area contributed by atoms with E-state index in [2.05, 4.69) is 17.1 Å². The molecule has 0 saturated carbocycles. The second-order valence-corrected chi connectivity index (χ2v) is 5.34. The quantitative estimate of drug-likeness (QED) is 0.359. The molecular weight excluding hydrogens is 270 g/mol. The van der Waals surface area contributed by atoms with E-state index in [1.54, 1.807) is 13.2 Å². The van der Waals surface area contributed by atoms with Crippen LogP contribution >= 0.6 is 0 Å². The minimum absolute atomic E-state index is 0.0979. The van der Waals surface area contributed by atoms with Crippen molar-refractivity contribution in [1.82, 2.24) is 4.90 Å². The number of ether oxygens (including phenoxy) is 2. The molecule has 0 aliphatic carbocycles. The Kier molecular flexibility index (Phi) is 5.41. The SMILES string of the molecule is COc1ccc(/C(N)=N/O)cc1CN(C)CC1CCCO1. The van der Waals surface area contributed by atoms with Crippen molar-refractivity contribution in [2.45, 2.75) is 25.5 Å². The number of methoxy groups -OCH3 is 1. The molecule has 0 amide bonds. The van der Waals surface area contributed by atoms with Crippen molar-refractivity contribution in [3.63, 3.8) is 0 Å². The highest BCUT2D eigenvalue weighted by atomic mass is 16.5. The van der Waals surface area contributed by atoms with Gasteiger partial charge in [0.1, 0.15) is 5.75 Å². The first-order valence-electron chi connectivity index (χ1n) is 7.09. The summed E-state index contributed by atoms with van der Waals surface area (Å²) in [5, 5.41) is 11.8. The molecule has 1 aliphatic heterocycles. The summed E-state index contributed by atoms with van der Waals surface area (Å²) in [4.78, 5) is 2.20. The lowest BCUT2D eigenvalue weighted by atomic mass is 10.1. The summed E-state index contributed by atoms with van der Waals surface area (Å²) in [6, 6.07) is 5.50. The average molecular weight is 293 g/mol. The first kappa shape index (κ1) is 15.6. The molecule has 0 bridgehead atoms. The Bertz CT molecular complexity index is 499. The minimum Gasteiger partial charge on any atom is -0.496 e. The number of likely N-dealkylation sites (N-methyl/N-ethyl adjacent to an activating group) is 1. The number of rotatable bonds is 6. The number of nitrogens with two attached hydrogens (primary N) is 1. The zero-order valence-corrected chi connectivity index (χ0v) is 12.6. The molecule has 0 spiro atoms. The van der Waals surface area contributed by atoms with E-state index in [1.165, 1.54) is 0 Å². The highest BCUT2D eigenvalue weighted by Crippen LogP contribution is 2.22. The molecule has 6 nitrogen and oxygen atoms in total. The van der Waals surface area contributed by atoms with E-state index in [0.717, 1.165) is 43.9 Å². The van der Waals surface area contributed by atoms with Crippen molar-refractivity contribution in [2.75, 3.05) is 27.3 Å². The van der Waals surface area contributed by atoms with Crippen LogP contribution in [0.15, 0.2) is 23.4 Å². The molecule has 21 heavy (non-hydrogen) atoms. The van der Waals surface area contributed by atoms with E-state index < -0.39 is 0 Å². The second-order valence-electron chi connectivity index (χ2n) is 5.34.